The molecule has 102 valence electrons. The maximum atomic E-state index is 6.26. The van der Waals surface area contributed by atoms with Crippen LogP contribution in [-0.4, -0.2) is 24.9 Å². The molecule has 2 aliphatic rings. The van der Waals surface area contributed by atoms with Crippen LogP contribution in [0.5, 0.6) is 5.75 Å². The van der Waals surface area contributed by atoms with Gasteiger partial charge in [-0.05, 0) is 44.8 Å². The summed E-state index contributed by atoms with van der Waals surface area (Å²) in [5.74, 6) is 0.807. The molecule has 0 spiro atoms. The van der Waals surface area contributed by atoms with Gasteiger partial charge in [-0.25, -0.2) is 0 Å². The van der Waals surface area contributed by atoms with E-state index in [0.29, 0.717) is 11.6 Å². The van der Waals surface area contributed by atoms with Gasteiger partial charge in [-0.2, -0.15) is 0 Å². The minimum Gasteiger partial charge on any atom is -0.491 e. The first-order valence-corrected chi connectivity index (χ1v) is 6.99. The molecule has 3 nitrogen and oxygen atoms in total. The van der Waals surface area contributed by atoms with Crippen LogP contribution < -0.4 is 10.2 Å². The van der Waals surface area contributed by atoms with Crippen LogP contribution in [-0.2, 0) is 15.7 Å². The zero-order valence-corrected chi connectivity index (χ0v) is 12.5. The van der Waals surface area contributed by atoms with Crippen molar-refractivity contribution in [3.63, 3.8) is 0 Å². The van der Waals surface area contributed by atoms with Crippen molar-refractivity contribution in [2.75, 3.05) is 6.61 Å². The summed E-state index contributed by atoms with van der Waals surface area (Å²) in [6.45, 7) is 8.88. The Morgan fingerprint density at radius 2 is 1.74 bits per heavy atom. The van der Waals surface area contributed by atoms with Crippen LogP contribution in [0.2, 0.25) is 5.02 Å². The lowest BCUT2D eigenvalue weighted by Crippen LogP contribution is -2.41. The van der Waals surface area contributed by atoms with Crippen LogP contribution in [0.15, 0.2) is 12.1 Å². The van der Waals surface area contributed by atoms with Crippen LogP contribution >= 0.6 is 11.6 Å². The Bertz CT molecular complexity index is 512. The average Bonchev–Trinajstić information content (AvgIpc) is 2.82. The van der Waals surface area contributed by atoms with E-state index in [1.165, 1.54) is 0 Å². The highest BCUT2D eigenvalue weighted by atomic mass is 35.5. The van der Waals surface area contributed by atoms with Crippen LogP contribution in [0.3, 0.4) is 0 Å². The third-order valence-electron chi connectivity index (χ3n) is 4.29. The summed E-state index contributed by atoms with van der Waals surface area (Å²) < 4.78 is 17.6. The molecule has 5 heteroatoms. The molecule has 1 saturated heterocycles. The second-order valence-corrected chi connectivity index (χ2v) is 6.58. The van der Waals surface area contributed by atoms with E-state index in [-0.39, 0.29) is 18.3 Å². The van der Waals surface area contributed by atoms with E-state index in [1.54, 1.807) is 0 Å². The fourth-order valence-corrected chi connectivity index (χ4v) is 2.70. The Kier molecular flexibility index (Phi) is 2.90. The van der Waals surface area contributed by atoms with Crippen molar-refractivity contribution < 1.29 is 14.0 Å². The number of fused-ring (bicyclic) bond motifs is 1. The summed E-state index contributed by atoms with van der Waals surface area (Å²) in [7, 11) is -0.367. The monoisotopic (exact) mass is 280 g/mol. The molecule has 0 aliphatic carbocycles. The molecule has 3 rings (SSSR count). The highest BCUT2D eigenvalue weighted by Crippen LogP contribution is 2.38. The van der Waals surface area contributed by atoms with Gasteiger partial charge in [0.1, 0.15) is 5.75 Å². The Labute approximate surface area is 119 Å². The number of hydrogen-bond donors (Lipinski definition) is 0. The van der Waals surface area contributed by atoms with Crippen LogP contribution in [0, 0.1) is 0 Å². The third-order valence-corrected chi connectivity index (χ3v) is 4.57. The van der Waals surface area contributed by atoms with Gasteiger partial charge in [-0.15, -0.1) is 0 Å². The van der Waals surface area contributed by atoms with Gasteiger partial charge in [0.15, 0.2) is 0 Å². The first kappa shape index (κ1) is 13.3. The van der Waals surface area contributed by atoms with Crippen LogP contribution in [0.25, 0.3) is 0 Å². The Morgan fingerprint density at radius 1 is 1.11 bits per heavy atom. The molecule has 2 heterocycles. The maximum Gasteiger partial charge on any atom is 0.494 e. The number of rotatable bonds is 1. The van der Waals surface area contributed by atoms with Crippen molar-refractivity contribution in [2.24, 2.45) is 0 Å². The molecular formula is C14H18BClO3. The summed E-state index contributed by atoms with van der Waals surface area (Å²) in [5.41, 5.74) is 1.43. The Hall–Kier alpha value is -0.705. The molecule has 2 aliphatic heterocycles. The maximum absolute atomic E-state index is 6.26. The zero-order valence-electron chi connectivity index (χ0n) is 11.7. The van der Waals surface area contributed by atoms with Gasteiger partial charge in [-0.3, -0.25) is 0 Å². The van der Waals surface area contributed by atoms with Crippen molar-refractivity contribution in [3.8, 4) is 5.75 Å². The van der Waals surface area contributed by atoms with E-state index in [0.717, 1.165) is 23.2 Å². The molecule has 0 amide bonds. The van der Waals surface area contributed by atoms with Gasteiger partial charge in [0.25, 0.3) is 0 Å². The second kappa shape index (κ2) is 4.14. The number of halogens is 1. The molecule has 19 heavy (non-hydrogen) atoms. The van der Waals surface area contributed by atoms with Gasteiger partial charge >= 0.3 is 7.12 Å². The zero-order chi connectivity index (χ0) is 13.8. The normalized spacial score (nSPS) is 23.3. The molecule has 1 aromatic carbocycles. The van der Waals surface area contributed by atoms with Gasteiger partial charge in [-0.1, -0.05) is 17.7 Å². The molecule has 1 aromatic rings. The molecule has 0 bridgehead atoms. The number of hydrogen-bond acceptors (Lipinski definition) is 3. The molecule has 0 radical (unpaired) electrons. The van der Waals surface area contributed by atoms with Gasteiger partial charge in [0.2, 0.25) is 0 Å². The average molecular weight is 281 g/mol. The van der Waals surface area contributed by atoms with Crippen LogP contribution in [0.1, 0.15) is 33.3 Å². The Morgan fingerprint density at radius 3 is 2.37 bits per heavy atom. The SMILES string of the molecule is CC1(C)OB(c2cc(Cl)c3c(c2)CCO3)OC1(C)C. The predicted molar refractivity (Wildman–Crippen MR) is 76.4 cm³/mol. The molecular weight excluding hydrogens is 262 g/mol. The minimum atomic E-state index is -0.367. The Balaban J connectivity index is 1.95. The lowest BCUT2D eigenvalue weighted by atomic mass is 9.78. The molecule has 0 saturated carbocycles. The van der Waals surface area contributed by atoms with E-state index in [9.17, 15) is 0 Å². The van der Waals surface area contributed by atoms with Gasteiger partial charge in [0, 0.05) is 6.42 Å². The number of ether oxygens (including phenoxy) is 1. The third kappa shape index (κ3) is 2.06. The smallest absolute Gasteiger partial charge is 0.491 e. The molecule has 0 atom stereocenters. The largest absolute Gasteiger partial charge is 0.494 e. The highest BCUT2D eigenvalue weighted by Gasteiger charge is 2.51. The molecule has 0 aromatic heterocycles. The summed E-state index contributed by atoms with van der Waals surface area (Å²) in [5, 5.41) is 0.639. The standard InChI is InChI=1S/C14H18BClO3/c1-13(2)14(3,4)19-15(18-13)10-7-9-5-6-17-12(9)11(16)8-10/h7-8H,5-6H2,1-4H3. The van der Waals surface area contributed by atoms with E-state index < -0.39 is 0 Å². The van der Waals surface area contributed by atoms with Crippen molar-refractivity contribution in [1.82, 2.24) is 0 Å². The predicted octanol–water partition coefficient (Wildman–Crippen LogP) is 2.57. The quantitative estimate of drug-likeness (QED) is 0.740. The highest BCUT2D eigenvalue weighted by molar-refractivity contribution is 6.62. The lowest BCUT2D eigenvalue weighted by Gasteiger charge is -2.32. The fourth-order valence-electron chi connectivity index (χ4n) is 2.40. The van der Waals surface area contributed by atoms with Crippen molar-refractivity contribution in [3.05, 3.63) is 22.7 Å². The molecule has 1 fully saturated rings. The first-order chi connectivity index (χ1) is 8.80. The van der Waals surface area contributed by atoms with Crippen LogP contribution in [0.4, 0.5) is 0 Å². The summed E-state index contributed by atoms with van der Waals surface area (Å²) in [6.07, 6.45) is 0.891. The number of benzene rings is 1. The summed E-state index contributed by atoms with van der Waals surface area (Å²) >= 11 is 6.26. The van der Waals surface area contributed by atoms with Gasteiger partial charge < -0.3 is 14.0 Å². The van der Waals surface area contributed by atoms with E-state index in [4.69, 9.17) is 25.6 Å². The van der Waals surface area contributed by atoms with E-state index >= 15 is 0 Å². The van der Waals surface area contributed by atoms with Crippen molar-refractivity contribution in [2.45, 2.75) is 45.3 Å². The lowest BCUT2D eigenvalue weighted by molar-refractivity contribution is 0.00578. The summed E-state index contributed by atoms with van der Waals surface area (Å²) in [6, 6.07) is 3.96. The molecule has 0 unspecified atom stereocenters. The minimum absolute atomic E-state index is 0.334. The van der Waals surface area contributed by atoms with E-state index in [2.05, 4.69) is 6.07 Å². The molecule has 0 N–H and O–H groups in total. The van der Waals surface area contributed by atoms with Crippen molar-refractivity contribution in [1.29, 1.82) is 0 Å². The first-order valence-electron chi connectivity index (χ1n) is 6.61. The van der Waals surface area contributed by atoms with Gasteiger partial charge in [0.05, 0.1) is 22.8 Å². The topological polar surface area (TPSA) is 27.7 Å². The van der Waals surface area contributed by atoms with E-state index in [1.807, 2.05) is 33.8 Å². The second-order valence-electron chi connectivity index (χ2n) is 6.18. The van der Waals surface area contributed by atoms with Crippen molar-refractivity contribution >= 4 is 24.2 Å². The summed E-state index contributed by atoms with van der Waals surface area (Å²) in [4.78, 5) is 0. The fraction of sp³-hybridized carbons (Fsp3) is 0.571.